The van der Waals surface area contributed by atoms with Gasteiger partial charge < -0.3 is 0 Å². The van der Waals surface area contributed by atoms with Gasteiger partial charge >= 0.3 is 0 Å². The van der Waals surface area contributed by atoms with E-state index in [1.165, 1.54) is 12.8 Å². The van der Waals surface area contributed by atoms with Gasteiger partial charge in [0.15, 0.2) is 0 Å². The van der Waals surface area contributed by atoms with Crippen LogP contribution < -0.4 is 5.43 Å². The SMILES string of the molecule is CC12CCC(CC1=NNC(=O)CCl)C2(C)C. The van der Waals surface area contributed by atoms with E-state index in [4.69, 9.17) is 11.6 Å². The van der Waals surface area contributed by atoms with Gasteiger partial charge in [0.2, 0.25) is 0 Å². The van der Waals surface area contributed by atoms with Gasteiger partial charge in [0.05, 0.1) is 0 Å². The van der Waals surface area contributed by atoms with Crippen molar-refractivity contribution in [2.24, 2.45) is 21.8 Å². The predicted molar refractivity (Wildman–Crippen MR) is 65.5 cm³/mol. The summed E-state index contributed by atoms with van der Waals surface area (Å²) in [5.41, 5.74) is 4.14. The number of hydrogen-bond donors (Lipinski definition) is 1. The molecule has 1 N–H and O–H groups in total. The summed E-state index contributed by atoms with van der Waals surface area (Å²) in [5.74, 6) is 0.461. The number of rotatable bonds is 2. The van der Waals surface area contributed by atoms with Crippen LogP contribution in [0.5, 0.6) is 0 Å². The Bertz CT molecular complexity index is 351. The molecule has 0 aliphatic heterocycles. The lowest BCUT2D eigenvalue weighted by molar-refractivity contribution is -0.118. The Kier molecular flexibility index (Phi) is 2.77. The molecule has 0 saturated heterocycles. The minimum absolute atomic E-state index is 0.0275. The second-order valence-electron chi connectivity index (χ2n) is 5.72. The molecule has 2 aliphatic carbocycles. The van der Waals surface area contributed by atoms with Crippen molar-refractivity contribution in [1.29, 1.82) is 0 Å². The van der Waals surface area contributed by atoms with E-state index in [9.17, 15) is 4.79 Å². The quantitative estimate of drug-likeness (QED) is 0.587. The first-order chi connectivity index (χ1) is 7.41. The van der Waals surface area contributed by atoms with Gasteiger partial charge in [-0.3, -0.25) is 4.79 Å². The number of amides is 1. The fourth-order valence-electron chi connectivity index (χ4n) is 3.26. The summed E-state index contributed by atoms with van der Waals surface area (Å²) in [6.07, 6.45) is 3.48. The summed E-state index contributed by atoms with van der Waals surface area (Å²) in [5, 5.41) is 4.28. The van der Waals surface area contributed by atoms with Gasteiger partial charge in [-0.25, -0.2) is 5.43 Å². The molecule has 90 valence electrons. The second kappa shape index (κ2) is 3.73. The van der Waals surface area contributed by atoms with E-state index < -0.39 is 0 Å². The van der Waals surface area contributed by atoms with Crippen molar-refractivity contribution in [3.63, 3.8) is 0 Å². The van der Waals surface area contributed by atoms with Gasteiger partial charge in [-0.05, 0) is 30.6 Å². The molecule has 0 spiro atoms. The molecule has 2 atom stereocenters. The van der Waals surface area contributed by atoms with Gasteiger partial charge in [-0.2, -0.15) is 5.10 Å². The highest BCUT2D eigenvalue weighted by molar-refractivity contribution is 6.27. The third kappa shape index (κ3) is 1.48. The van der Waals surface area contributed by atoms with Crippen molar-refractivity contribution in [1.82, 2.24) is 5.43 Å². The third-order valence-corrected chi connectivity index (χ3v) is 5.19. The number of carbonyl (C=O) groups is 1. The molecule has 0 aromatic heterocycles. The zero-order valence-electron chi connectivity index (χ0n) is 10.1. The van der Waals surface area contributed by atoms with E-state index in [0.29, 0.717) is 11.3 Å². The highest BCUT2D eigenvalue weighted by Gasteiger charge is 2.59. The van der Waals surface area contributed by atoms with Crippen molar-refractivity contribution in [3.05, 3.63) is 0 Å². The van der Waals surface area contributed by atoms with Crippen LogP contribution in [0, 0.1) is 16.7 Å². The molecule has 0 heterocycles. The molecule has 2 unspecified atom stereocenters. The first kappa shape index (κ1) is 11.9. The standard InChI is InChI=1S/C12H19ClN2O/c1-11(2)8-4-5-12(11,3)9(6-8)14-15-10(16)7-13/h8H,4-7H2,1-3H3,(H,15,16). The molecule has 0 aromatic rings. The summed E-state index contributed by atoms with van der Waals surface area (Å²) < 4.78 is 0. The number of nitrogens with one attached hydrogen (secondary N) is 1. The Labute approximate surface area is 102 Å². The monoisotopic (exact) mass is 242 g/mol. The van der Waals surface area contributed by atoms with Crippen molar-refractivity contribution in [3.8, 4) is 0 Å². The molecular formula is C12H19ClN2O. The van der Waals surface area contributed by atoms with Crippen molar-refractivity contribution < 1.29 is 4.79 Å². The Balaban J connectivity index is 2.18. The van der Waals surface area contributed by atoms with Crippen LogP contribution in [0.1, 0.15) is 40.0 Å². The highest BCUT2D eigenvalue weighted by atomic mass is 35.5. The van der Waals surface area contributed by atoms with Gasteiger partial charge in [0.25, 0.3) is 5.91 Å². The smallest absolute Gasteiger partial charge is 0.254 e. The molecule has 0 radical (unpaired) electrons. The molecule has 2 bridgehead atoms. The van der Waals surface area contributed by atoms with Crippen molar-refractivity contribution in [2.45, 2.75) is 40.0 Å². The van der Waals surface area contributed by atoms with Gasteiger partial charge in [0, 0.05) is 11.1 Å². The van der Waals surface area contributed by atoms with E-state index in [1.54, 1.807) is 0 Å². The van der Waals surface area contributed by atoms with E-state index in [0.717, 1.165) is 12.1 Å². The maximum atomic E-state index is 11.1. The Morgan fingerprint density at radius 1 is 1.56 bits per heavy atom. The Hall–Kier alpha value is -0.570. The number of hydrazone groups is 1. The molecule has 2 aliphatic rings. The van der Waals surface area contributed by atoms with Crippen LogP contribution in [0.3, 0.4) is 0 Å². The zero-order chi connectivity index (χ0) is 12.0. The van der Waals surface area contributed by atoms with Crippen LogP contribution in [-0.2, 0) is 4.79 Å². The summed E-state index contributed by atoms with van der Waals surface area (Å²) in [4.78, 5) is 11.1. The molecule has 2 fully saturated rings. The number of halogens is 1. The predicted octanol–water partition coefficient (Wildman–Crippen LogP) is 2.54. The van der Waals surface area contributed by atoms with Crippen LogP contribution in [0.4, 0.5) is 0 Å². The van der Waals surface area contributed by atoms with Crippen molar-refractivity contribution >= 4 is 23.2 Å². The first-order valence-corrected chi connectivity index (χ1v) is 6.37. The van der Waals surface area contributed by atoms with Crippen LogP contribution in [0.15, 0.2) is 5.10 Å². The normalized spacial score (nSPS) is 38.0. The average Bonchev–Trinajstić information content (AvgIpc) is 2.58. The van der Waals surface area contributed by atoms with Crippen LogP contribution >= 0.6 is 11.6 Å². The molecule has 16 heavy (non-hydrogen) atoms. The molecule has 2 saturated carbocycles. The van der Waals surface area contributed by atoms with Gasteiger partial charge in [0.1, 0.15) is 5.88 Å². The van der Waals surface area contributed by atoms with E-state index in [2.05, 4.69) is 31.3 Å². The molecule has 1 amide bonds. The minimum atomic E-state index is -0.224. The molecule has 4 heteroatoms. The van der Waals surface area contributed by atoms with Crippen LogP contribution in [0.25, 0.3) is 0 Å². The van der Waals surface area contributed by atoms with Gasteiger partial charge in [-0.15, -0.1) is 11.6 Å². The number of alkyl halides is 1. The third-order valence-electron chi connectivity index (χ3n) is 4.95. The minimum Gasteiger partial charge on any atom is -0.272 e. The second-order valence-corrected chi connectivity index (χ2v) is 5.99. The lowest BCUT2D eigenvalue weighted by atomic mass is 9.70. The largest absolute Gasteiger partial charge is 0.272 e. The summed E-state index contributed by atoms with van der Waals surface area (Å²) in [6.45, 7) is 6.90. The molecule has 2 rings (SSSR count). The zero-order valence-corrected chi connectivity index (χ0v) is 10.9. The summed E-state index contributed by atoms with van der Waals surface area (Å²) in [6, 6.07) is 0. The number of carbonyl (C=O) groups excluding carboxylic acids is 1. The van der Waals surface area contributed by atoms with E-state index in [1.807, 2.05) is 0 Å². The van der Waals surface area contributed by atoms with Crippen LogP contribution in [-0.4, -0.2) is 17.5 Å². The van der Waals surface area contributed by atoms with E-state index in [-0.39, 0.29) is 17.2 Å². The number of hydrogen-bond acceptors (Lipinski definition) is 2. The fourth-order valence-corrected chi connectivity index (χ4v) is 3.32. The first-order valence-electron chi connectivity index (χ1n) is 5.83. The number of nitrogens with zero attached hydrogens (tertiary/aromatic N) is 1. The molecular weight excluding hydrogens is 224 g/mol. The summed E-state index contributed by atoms with van der Waals surface area (Å²) >= 11 is 5.43. The molecule has 0 aromatic carbocycles. The van der Waals surface area contributed by atoms with Crippen LogP contribution in [0.2, 0.25) is 0 Å². The maximum absolute atomic E-state index is 11.1. The Morgan fingerprint density at radius 3 is 2.69 bits per heavy atom. The highest BCUT2D eigenvalue weighted by Crippen LogP contribution is 2.63. The maximum Gasteiger partial charge on any atom is 0.254 e. The van der Waals surface area contributed by atoms with Gasteiger partial charge in [-0.1, -0.05) is 20.8 Å². The fraction of sp³-hybridized carbons (Fsp3) is 0.833. The molecule has 3 nitrogen and oxygen atoms in total. The lowest BCUT2D eigenvalue weighted by Gasteiger charge is -2.34. The summed E-state index contributed by atoms with van der Waals surface area (Å²) in [7, 11) is 0. The topological polar surface area (TPSA) is 41.5 Å². The Morgan fingerprint density at radius 2 is 2.25 bits per heavy atom. The average molecular weight is 243 g/mol. The lowest BCUT2D eigenvalue weighted by Crippen LogP contribution is -2.34. The van der Waals surface area contributed by atoms with Crippen molar-refractivity contribution in [2.75, 3.05) is 5.88 Å². The number of fused-ring (bicyclic) bond motifs is 2. The van der Waals surface area contributed by atoms with E-state index >= 15 is 0 Å².